The first kappa shape index (κ1) is 19.2. The van der Waals surface area contributed by atoms with E-state index in [1.54, 1.807) is 4.90 Å². The van der Waals surface area contributed by atoms with Gasteiger partial charge in [0.2, 0.25) is 0 Å². The van der Waals surface area contributed by atoms with Crippen molar-refractivity contribution in [2.24, 2.45) is 0 Å². The summed E-state index contributed by atoms with van der Waals surface area (Å²) in [6, 6.07) is 0.307. The minimum atomic E-state index is -0.154. The SMILES string of the molecule is C.CC.O=C(OC[C@H]1CC[C@@]2(CO)CCCN12)N1CCCC1. The van der Waals surface area contributed by atoms with Crippen molar-refractivity contribution < 1.29 is 14.6 Å². The number of aliphatic hydroxyl groups is 1. The Morgan fingerprint density at radius 3 is 2.50 bits per heavy atom. The minimum Gasteiger partial charge on any atom is -0.448 e. The van der Waals surface area contributed by atoms with E-state index < -0.39 is 0 Å². The van der Waals surface area contributed by atoms with Gasteiger partial charge >= 0.3 is 6.09 Å². The second-order valence-electron chi connectivity index (χ2n) is 6.14. The molecular weight excluding hydrogens is 280 g/mol. The van der Waals surface area contributed by atoms with Crippen LogP contribution in [0.4, 0.5) is 4.79 Å². The molecule has 130 valence electrons. The van der Waals surface area contributed by atoms with Crippen LogP contribution in [-0.4, -0.2) is 65.4 Å². The molecule has 3 aliphatic rings. The summed E-state index contributed by atoms with van der Waals surface area (Å²) in [5.41, 5.74) is -0.00921. The van der Waals surface area contributed by atoms with Gasteiger partial charge in [-0.15, -0.1) is 0 Å². The Bertz CT molecular complexity index is 345. The van der Waals surface area contributed by atoms with Crippen LogP contribution in [0, 0.1) is 0 Å². The summed E-state index contributed by atoms with van der Waals surface area (Å²) in [6.45, 7) is 7.44. The smallest absolute Gasteiger partial charge is 0.409 e. The minimum absolute atomic E-state index is 0. The molecule has 0 saturated carbocycles. The van der Waals surface area contributed by atoms with E-state index in [9.17, 15) is 9.90 Å². The lowest BCUT2D eigenvalue weighted by Crippen LogP contribution is -2.46. The first-order valence-corrected chi connectivity index (χ1v) is 8.54. The highest BCUT2D eigenvalue weighted by Gasteiger charge is 2.48. The molecular formula is C17H34N2O3. The number of hydrogen-bond acceptors (Lipinski definition) is 4. The molecule has 0 bridgehead atoms. The number of carbonyl (C=O) groups excluding carboxylic acids is 1. The van der Waals surface area contributed by atoms with Gasteiger partial charge in [-0.3, -0.25) is 4.90 Å². The van der Waals surface area contributed by atoms with Crippen molar-refractivity contribution in [1.29, 1.82) is 0 Å². The summed E-state index contributed by atoms with van der Waals surface area (Å²) in [4.78, 5) is 16.1. The van der Waals surface area contributed by atoms with Gasteiger partial charge in [-0.05, 0) is 45.1 Å². The Morgan fingerprint density at radius 2 is 1.86 bits per heavy atom. The molecule has 3 heterocycles. The Labute approximate surface area is 135 Å². The van der Waals surface area contributed by atoms with E-state index in [-0.39, 0.29) is 25.7 Å². The first-order chi connectivity index (χ1) is 10.2. The molecule has 0 radical (unpaired) electrons. The fourth-order valence-corrected chi connectivity index (χ4v) is 3.97. The van der Waals surface area contributed by atoms with E-state index in [1.165, 1.54) is 0 Å². The van der Waals surface area contributed by atoms with Gasteiger partial charge in [0.1, 0.15) is 6.61 Å². The van der Waals surface area contributed by atoms with Crippen molar-refractivity contribution in [3.8, 4) is 0 Å². The molecule has 22 heavy (non-hydrogen) atoms. The predicted octanol–water partition coefficient (Wildman–Crippen LogP) is 2.87. The number of rotatable bonds is 3. The number of likely N-dealkylation sites (tertiary alicyclic amines) is 1. The zero-order valence-electron chi connectivity index (χ0n) is 13.5. The van der Waals surface area contributed by atoms with Crippen molar-refractivity contribution >= 4 is 6.09 Å². The summed E-state index contributed by atoms with van der Waals surface area (Å²) < 4.78 is 5.47. The van der Waals surface area contributed by atoms with Gasteiger partial charge in [-0.25, -0.2) is 4.79 Å². The van der Waals surface area contributed by atoms with Crippen molar-refractivity contribution in [2.75, 3.05) is 32.8 Å². The van der Waals surface area contributed by atoms with Crippen molar-refractivity contribution in [3.63, 3.8) is 0 Å². The number of nitrogens with zero attached hydrogens (tertiary/aromatic N) is 2. The monoisotopic (exact) mass is 314 g/mol. The van der Waals surface area contributed by atoms with Gasteiger partial charge in [0.25, 0.3) is 0 Å². The maximum atomic E-state index is 11.9. The molecule has 3 saturated heterocycles. The second-order valence-corrected chi connectivity index (χ2v) is 6.14. The van der Waals surface area contributed by atoms with Crippen LogP contribution in [-0.2, 0) is 4.74 Å². The maximum Gasteiger partial charge on any atom is 0.409 e. The zero-order valence-corrected chi connectivity index (χ0v) is 13.5. The van der Waals surface area contributed by atoms with E-state index in [0.29, 0.717) is 12.6 Å². The number of fused-ring (bicyclic) bond motifs is 1. The molecule has 2 atom stereocenters. The van der Waals surface area contributed by atoms with Gasteiger partial charge in [0.05, 0.1) is 6.61 Å². The Hall–Kier alpha value is -0.810. The molecule has 1 amide bonds. The Balaban J connectivity index is 0.000000775. The van der Waals surface area contributed by atoms with E-state index in [0.717, 1.165) is 58.2 Å². The lowest BCUT2D eigenvalue weighted by molar-refractivity contribution is 0.0428. The highest BCUT2D eigenvalue weighted by atomic mass is 16.6. The third-order valence-corrected chi connectivity index (χ3v) is 5.09. The van der Waals surface area contributed by atoms with Gasteiger partial charge < -0.3 is 14.7 Å². The average Bonchev–Trinajstić information content (AvgIpc) is 3.23. The molecule has 3 aliphatic heterocycles. The van der Waals surface area contributed by atoms with Gasteiger partial charge in [-0.2, -0.15) is 0 Å². The van der Waals surface area contributed by atoms with Crippen molar-refractivity contribution in [2.45, 2.75) is 71.4 Å². The summed E-state index contributed by atoms with van der Waals surface area (Å²) in [5, 5.41) is 9.64. The molecule has 1 N–H and O–H groups in total. The number of carbonyl (C=O) groups is 1. The van der Waals surface area contributed by atoms with E-state index in [4.69, 9.17) is 4.74 Å². The van der Waals surface area contributed by atoms with Crippen LogP contribution in [0.25, 0.3) is 0 Å². The molecule has 0 unspecified atom stereocenters. The van der Waals surface area contributed by atoms with Crippen LogP contribution in [0.3, 0.4) is 0 Å². The van der Waals surface area contributed by atoms with Crippen molar-refractivity contribution in [1.82, 2.24) is 9.80 Å². The number of ether oxygens (including phenoxy) is 1. The zero-order chi connectivity index (χ0) is 15.3. The number of aliphatic hydroxyl groups excluding tert-OH is 1. The molecule has 0 aromatic heterocycles. The third-order valence-electron chi connectivity index (χ3n) is 5.09. The summed E-state index contributed by atoms with van der Waals surface area (Å²) in [7, 11) is 0. The molecule has 5 heteroatoms. The molecule has 5 nitrogen and oxygen atoms in total. The molecule has 3 rings (SSSR count). The van der Waals surface area contributed by atoms with E-state index >= 15 is 0 Å². The molecule has 0 aliphatic carbocycles. The quantitative estimate of drug-likeness (QED) is 0.870. The van der Waals surface area contributed by atoms with E-state index in [1.807, 2.05) is 13.8 Å². The normalized spacial score (nSPS) is 30.3. The predicted molar refractivity (Wildman–Crippen MR) is 89.0 cm³/mol. The van der Waals surface area contributed by atoms with Crippen LogP contribution in [0.1, 0.15) is 59.8 Å². The second kappa shape index (κ2) is 8.73. The average molecular weight is 314 g/mol. The highest BCUT2D eigenvalue weighted by molar-refractivity contribution is 5.67. The van der Waals surface area contributed by atoms with E-state index in [2.05, 4.69) is 4.90 Å². The lowest BCUT2D eigenvalue weighted by Gasteiger charge is -2.33. The van der Waals surface area contributed by atoms with Crippen molar-refractivity contribution in [3.05, 3.63) is 0 Å². The summed E-state index contributed by atoms with van der Waals surface area (Å²) in [5.74, 6) is 0. The highest BCUT2D eigenvalue weighted by Crippen LogP contribution is 2.42. The van der Waals surface area contributed by atoms with Crippen LogP contribution in [0.2, 0.25) is 0 Å². The number of amides is 1. The standard InChI is InChI=1S/C14H24N2O3.C2H6.CH4/c17-11-14-5-3-9-16(14)12(4-6-14)10-19-13(18)15-7-1-2-8-15;1-2;/h12,17H,1-11H2;1-2H3;1H4/t12-,14-;;/m1../s1. The molecule has 0 aromatic rings. The van der Waals surface area contributed by atoms with Gasteiger partial charge in [-0.1, -0.05) is 21.3 Å². The molecule has 3 fully saturated rings. The van der Waals surface area contributed by atoms with Crippen LogP contribution in [0.15, 0.2) is 0 Å². The lowest BCUT2D eigenvalue weighted by atomic mass is 9.95. The first-order valence-electron chi connectivity index (χ1n) is 8.54. The molecule has 0 aromatic carbocycles. The largest absolute Gasteiger partial charge is 0.448 e. The fourth-order valence-electron chi connectivity index (χ4n) is 3.97. The fraction of sp³-hybridized carbons (Fsp3) is 0.941. The van der Waals surface area contributed by atoms with Gasteiger partial charge in [0.15, 0.2) is 0 Å². The molecule has 0 spiro atoms. The van der Waals surface area contributed by atoms with Crippen LogP contribution < -0.4 is 0 Å². The van der Waals surface area contributed by atoms with Gasteiger partial charge in [0, 0.05) is 24.7 Å². The number of hydrogen-bond donors (Lipinski definition) is 1. The topological polar surface area (TPSA) is 53.0 Å². The Kier molecular flexibility index (Phi) is 7.63. The summed E-state index contributed by atoms with van der Waals surface area (Å²) in [6.07, 6.45) is 6.34. The summed E-state index contributed by atoms with van der Waals surface area (Å²) >= 11 is 0. The Morgan fingerprint density at radius 1 is 1.18 bits per heavy atom. The maximum absolute atomic E-state index is 11.9. The van der Waals surface area contributed by atoms with Crippen LogP contribution in [0.5, 0.6) is 0 Å². The third kappa shape index (κ3) is 3.74. The van der Waals surface area contributed by atoms with Crippen LogP contribution >= 0.6 is 0 Å².